The molecule has 0 radical (unpaired) electrons. The molecule has 72 valence electrons. The average molecular weight is 204 g/mol. The van der Waals surface area contributed by atoms with Gasteiger partial charge in [-0.1, -0.05) is 23.7 Å². The van der Waals surface area contributed by atoms with Crippen LogP contribution in [0.5, 0.6) is 0 Å². The number of halogens is 3. The van der Waals surface area contributed by atoms with Crippen molar-refractivity contribution in [2.45, 2.75) is 6.18 Å². The first-order valence-electron chi connectivity index (χ1n) is 3.51. The summed E-state index contributed by atoms with van der Waals surface area (Å²) in [5.41, 5.74) is 3.76. The van der Waals surface area contributed by atoms with E-state index >= 15 is 0 Å². The van der Waals surface area contributed by atoms with E-state index in [1.54, 1.807) is 0 Å². The van der Waals surface area contributed by atoms with Gasteiger partial charge in [0.2, 0.25) is 0 Å². The standard InChI is InChI=1S/C9H11F3Si/c1-5-13(6-2,7-3)8(4)9(10,11)12/h5-7H,1-4H2. The molecule has 0 spiro atoms. The summed E-state index contributed by atoms with van der Waals surface area (Å²) in [6.45, 7) is 13.1. The van der Waals surface area contributed by atoms with E-state index in [-0.39, 0.29) is 0 Å². The molecule has 0 amide bonds. The molecular weight excluding hydrogens is 193 g/mol. The number of allylic oxidation sites excluding steroid dienone is 1. The second-order valence-electron chi connectivity index (χ2n) is 2.52. The Labute approximate surface area is 76.8 Å². The predicted octanol–water partition coefficient (Wildman–Crippen LogP) is 3.27. The van der Waals surface area contributed by atoms with Crippen LogP contribution >= 0.6 is 0 Å². The van der Waals surface area contributed by atoms with Gasteiger partial charge >= 0.3 is 6.18 Å². The maximum atomic E-state index is 12.3. The third-order valence-corrected chi connectivity index (χ3v) is 5.23. The van der Waals surface area contributed by atoms with Crippen LogP contribution in [0.1, 0.15) is 0 Å². The monoisotopic (exact) mass is 204 g/mol. The Balaban J connectivity index is 5.20. The average Bonchev–Trinajstić information content (AvgIpc) is 2.07. The molecule has 0 heterocycles. The molecule has 0 rings (SSSR count). The van der Waals surface area contributed by atoms with Crippen molar-refractivity contribution in [1.82, 2.24) is 0 Å². The smallest absolute Gasteiger partial charge is 0.167 e. The first-order valence-corrected chi connectivity index (χ1v) is 5.74. The fourth-order valence-electron chi connectivity index (χ4n) is 0.865. The number of hydrogen-bond donors (Lipinski definition) is 0. The van der Waals surface area contributed by atoms with Crippen LogP contribution in [0.3, 0.4) is 0 Å². The molecule has 0 fully saturated rings. The maximum absolute atomic E-state index is 12.3. The third-order valence-electron chi connectivity index (χ3n) is 1.88. The minimum atomic E-state index is -4.40. The summed E-state index contributed by atoms with van der Waals surface area (Å²) in [4.78, 5) is 0. The van der Waals surface area contributed by atoms with Gasteiger partial charge in [0.05, 0.1) is 0 Å². The summed E-state index contributed by atoms with van der Waals surface area (Å²) >= 11 is 0. The topological polar surface area (TPSA) is 0 Å². The highest BCUT2D eigenvalue weighted by Gasteiger charge is 2.43. The van der Waals surface area contributed by atoms with Gasteiger partial charge in [0.15, 0.2) is 8.07 Å². The Kier molecular flexibility index (Phi) is 3.48. The van der Waals surface area contributed by atoms with E-state index in [1.807, 2.05) is 0 Å². The van der Waals surface area contributed by atoms with Crippen molar-refractivity contribution in [3.8, 4) is 0 Å². The fourth-order valence-corrected chi connectivity index (χ4v) is 2.60. The minimum absolute atomic E-state index is 0.792. The van der Waals surface area contributed by atoms with Gasteiger partial charge in [-0.05, 0) is 0 Å². The van der Waals surface area contributed by atoms with E-state index in [9.17, 15) is 13.2 Å². The first kappa shape index (κ1) is 12.0. The quantitative estimate of drug-likeness (QED) is 0.616. The molecule has 0 atom stereocenters. The highest BCUT2D eigenvalue weighted by molar-refractivity contribution is 6.98. The summed E-state index contributed by atoms with van der Waals surface area (Å²) < 4.78 is 36.9. The Morgan fingerprint density at radius 1 is 1.00 bits per heavy atom. The van der Waals surface area contributed by atoms with Crippen LogP contribution in [0.15, 0.2) is 48.6 Å². The van der Waals surface area contributed by atoms with E-state index in [2.05, 4.69) is 26.3 Å². The molecule has 0 aromatic carbocycles. The number of alkyl halides is 3. The number of rotatable bonds is 4. The predicted molar refractivity (Wildman–Crippen MR) is 51.5 cm³/mol. The summed E-state index contributed by atoms with van der Waals surface area (Å²) in [5, 5.41) is -0.792. The maximum Gasteiger partial charge on any atom is 0.409 e. The largest absolute Gasteiger partial charge is 0.409 e. The van der Waals surface area contributed by atoms with Crippen LogP contribution in [0.2, 0.25) is 0 Å². The van der Waals surface area contributed by atoms with Crippen LogP contribution in [0.4, 0.5) is 13.2 Å². The lowest BCUT2D eigenvalue weighted by atomic mass is 10.6. The summed E-state index contributed by atoms with van der Waals surface area (Å²) in [6, 6.07) is 0. The van der Waals surface area contributed by atoms with Crippen LogP contribution < -0.4 is 0 Å². The van der Waals surface area contributed by atoms with Gasteiger partial charge in [-0.2, -0.15) is 13.2 Å². The van der Waals surface area contributed by atoms with E-state index < -0.39 is 19.4 Å². The molecule has 0 aromatic rings. The van der Waals surface area contributed by atoms with E-state index in [4.69, 9.17) is 0 Å². The van der Waals surface area contributed by atoms with Gasteiger partial charge in [0, 0.05) is 5.20 Å². The van der Waals surface area contributed by atoms with Gasteiger partial charge in [-0.25, -0.2) is 0 Å². The van der Waals surface area contributed by atoms with Crippen molar-refractivity contribution in [3.05, 3.63) is 48.6 Å². The van der Waals surface area contributed by atoms with Gasteiger partial charge < -0.3 is 0 Å². The van der Waals surface area contributed by atoms with E-state index in [0.29, 0.717) is 0 Å². The second kappa shape index (κ2) is 3.78. The lowest BCUT2D eigenvalue weighted by Crippen LogP contribution is -2.37. The molecule has 0 aliphatic carbocycles. The molecule has 0 nitrogen and oxygen atoms in total. The first-order chi connectivity index (χ1) is 5.84. The van der Waals surface area contributed by atoms with Crippen LogP contribution in [-0.2, 0) is 0 Å². The lowest BCUT2D eigenvalue weighted by molar-refractivity contribution is -0.0850. The molecule has 0 saturated carbocycles. The van der Waals surface area contributed by atoms with Crippen LogP contribution in [0.25, 0.3) is 0 Å². The zero-order valence-electron chi connectivity index (χ0n) is 7.19. The van der Waals surface area contributed by atoms with E-state index in [1.165, 1.54) is 17.1 Å². The molecule has 0 unspecified atom stereocenters. The molecule has 0 N–H and O–H groups in total. The van der Waals surface area contributed by atoms with Gasteiger partial charge in [0.25, 0.3) is 0 Å². The summed E-state index contributed by atoms with van der Waals surface area (Å²) in [7, 11) is -2.98. The SMILES string of the molecule is C=C[Si](C=C)(C=C)C(=C)C(F)(F)F. The fraction of sp³-hybridized carbons (Fsp3) is 0.111. The third kappa shape index (κ3) is 2.21. The van der Waals surface area contributed by atoms with Gasteiger partial charge in [-0.15, -0.1) is 19.7 Å². The van der Waals surface area contributed by atoms with Crippen molar-refractivity contribution in [2.24, 2.45) is 0 Å². The molecular formula is C9H11F3Si. The lowest BCUT2D eigenvalue weighted by Gasteiger charge is -2.24. The molecule has 0 aromatic heterocycles. The molecule has 0 saturated heterocycles. The zero-order valence-corrected chi connectivity index (χ0v) is 8.19. The van der Waals surface area contributed by atoms with Crippen LogP contribution in [0, 0.1) is 0 Å². The van der Waals surface area contributed by atoms with Gasteiger partial charge in [0.1, 0.15) is 0 Å². The summed E-state index contributed by atoms with van der Waals surface area (Å²) in [6.07, 6.45) is -4.40. The number of hydrogen-bond acceptors (Lipinski definition) is 0. The van der Waals surface area contributed by atoms with Crippen molar-refractivity contribution in [2.75, 3.05) is 0 Å². The molecule has 13 heavy (non-hydrogen) atoms. The molecule has 4 heteroatoms. The highest BCUT2D eigenvalue weighted by Crippen LogP contribution is 2.32. The Hall–Kier alpha value is -1.03. The zero-order chi connectivity index (χ0) is 10.7. The summed E-state index contributed by atoms with van der Waals surface area (Å²) in [5.74, 6) is 0. The van der Waals surface area contributed by atoms with Crippen LogP contribution in [-0.4, -0.2) is 14.3 Å². The van der Waals surface area contributed by atoms with Crippen molar-refractivity contribution < 1.29 is 13.2 Å². The normalized spacial score (nSPS) is 11.9. The molecule has 0 aliphatic rings. The molecule has 0 bridgehead atoms. The highest BCUT2D eigenvalue weighted by atomic mass is 28.3. The minimum Gasteiger partial charge on any atom is -0.167 e. The van der Waals surface area contributed by atoms with Gasteiger partial charge in [-0.3, -0.25) is 0 Å². The van der Waals surface area contributed by atoms with Crippen molar-refractivity contribution in [3.63, 3.8) is 0 Å². The van der Waals surface area contributed by atoms with Crippen molar-refractivity contribution in [1.29, 1.82) is 0 Å². The Morgan fingerprint density at radius 2 is 1.31 bits per heavy atom. The van der Waals surface area contributed by atoms with E-state index in [0.717, 1.165) is 0 Å². The Morgan fingerprint density at radius 3 is 1.38 bits per heavy atom. The Bertz CT molecular complexity index is 228. The van der Waals surface area contributed by atoms with Crippen molar-refractivity contribution >= 4 is 8.07 Å². The molecule has 0 aliphatic heterocycles. The second-order valence-corrected chi connectivity index (χ2v) is 6.22.